The maximum Gasteiger partial charge on any atom is 0.251 e. The van der Waals surface area contributed by atoms with Crippen LogP contribution in [-0.2, 0) is 0 Å². The molecule has 0 aliphatic heterocycles. The summed E-state index contributed by atoms with van der Waals surface area (Å²) < 4.78 is 0. The van der Waals surface area contributed by atoms with Gasteiger partial charge in [-0.25, -0.2) is 0 Å². The number of aliphatic hydroxyl groups excluding tert-OH is 1. The highest BCUT2D eigenvalue weighted by molar-refractivity contribution is 5.97. The van der Waals surface area contributed by atoms with Crippen LogP contribution in [0.25, 0.3) is 0 Å². The Morgan fingerprint density at radius 3 is 2.43 bits per heavy atom. The summed E-state index contributed by atoms with van der Waals surface area (Å²) in [6.45, 7) is 8.52. The summed E-state index contributed by atoms with van der Waals surface area (Å²) >= 11 is 0. The minimum atomic E-state index is -0.199. The standard InChI is InChI=1S/C19H30N2O2/c1-12(2)14(4)20-18-7-5-6-17(13(18)3)19(23)21-15-8-10-16(22)11-9-15/h5-7,12,14-16,20,22H,8-11H2,1-4H3,(H,21,23). The molecule has 0 radical (unpaired) electrons. The lowest BCUT2D eigenvalue weighted by Crippen LogP contribution is -2.38. The third kappa shape index (κ3) is 4.71. The minimum Gasteiger partial charge on any atom is -0.393 e. The first-order chi connectivity index (χ1) is 10.9. The topological polar surface area (TPSA) is 61.4 Å². The van der Waals surface area contributed by atoms with Crippen molar-refractivity contribution in [2.45, 2.75) is 71.6 Å². The van der Waals surface area contributed by atoms with Gasteiger partial charge in [0.1, 0.15) is 0 Å². The smallest absolute Gasteiger partial charge is 0.251 e. The highest BCUT2D eigenvalue weighted by Crippen LogP contribution is 2.23. The number of nitrogens with one attached hydrogen (secondary N) is 2. The van der Waals surface area contributed by atoms with Crippen LogP contribution in [0.15, 0.2) is 18.2 Å². The van der Waals surface area contributed by atoms with E-state index in [1.54, 1.807) is 0 Å². The van der Waals surface area contributed by atoms with Crippen LogP contribution in [0.5, 0.6) is 0 Å². The molecule has 1 saturated carbocycles. The third-order valence-electron chi connectivity index (χ3n) is 4.99. The maximum absolute atomic E-state index is 12.6. The molecule has 0 spiro atoms. The van der Waals surface area contributed by atoms with E-state index >= 15 is 0 Å². The van der Waals surface area contributed by atoms with Crippen molar-refractivity contribution in [3.63, 3.8) is 0 Å². The molecule has 1 atom stereocenters. The Balaban J connectivity index is 2.05. The van der Waals surface area contributed by atoms with Crippen molar-refractivity contribution in [2.75, 3.05) is 5.32 Å². The Bertz CT molecular complexity index is 534. The number of hydrogen-bond donors (Lipinski definition) is 3. The Morgan fingerprint density at radius 2 is 1.83 bits per heavy atom. The van der Waals surface area contributed by atoms with Gasteiger partial charge in [-0.2, -0.15) is 0 Å². The molecule has 1 amide bonds. The van der Waals surface area contributed by atoms with E-state index in [2.05, 4.69) is 31.4 Å². The monoisotopic (exact) mass is 318 g/mol. The lowest BCUT2D eigenvalue weighted by molar-refractivity contribution is 0.0867. The van der Waals surface area contributed by atoms with Gasteiger partial charge in [-0.3, -0.25) is 4.79 Å². The van der Waals surface area contributed by atoms with E-state index in [-0.39, 0.29) is 18.1 Å². The first-order valence-electron chi connectivity index (χ1n) is 8.73. The molecule has 1 aromatic carbocycles. The summed E-state index contributed by atoms with van der Waals surface area (Å²) in [6, 6.07) is 6.38. The van der Waals surface area contributed by atoms with Gasteiger partial charge in [0.25, 0.3) is 5.91 Å². The van der Waals surface area contributed by atoms with Crippen molar-refractivity contribution in [1.29, 1.82) is 0 Å². The predicted octanol–water partition coefficient (Wildman–Crippen LogP) is 3.48. The zero-order chi connectivity index (χ0) is 17.0. The number of amides is 1. The molecule has 1 aliphatic rings. The Kier molecular flexibility index (Phi) is 6.05. The number of anilines is 1. The second-order valence-electron chi connectivity index (χ2n) is 7.13. The lowest BCUT2D eigenvalue weighted by atomic mass is 9.92. The molecule has 0 bridgehead atoms. The SMILES string of the molecule is Cc1c(NC(C)C(C)C)cccc1C(=O)NC1CCC(O)CC1. The molecule has 3 N–H and O–H groups in total. The maximum atomic E-state index is 12.6. The highest BCUT2D eigenvalue weighted by Gasteiger charge is 2.22. The molecule has 0 heterocycles. The third-order valence-corrected chi connectivity index (χ3v) is 4.99. The molecular weight excluding hydrogens is 288 g/mol. The van der Waals surface area contributed by atoms with E-state index in [1.807, 2.05) is 25.1 Å². The molecule has 0 aromatic heterocycles. The van der Waals surface area contributed by atoms with Crippen LogP contribution in [0, 0.1) is 12.8 Å². The molecule has 23 heavy (non-hydrogen) atoms. The first-order valence-corrected chi connectivity index (χ1v) is 8.73. The van der Waals surface area contributed by atoms with Crippen molar-refractivity contribution in [2.24, 2.45) is 5.92 Å². The highest BCUT2D eigenvalue weighted by atomic mass is 16.3. The van der Waals surface area contributed by atoms with Gasteiger partial charge in [-0.05, 0) is 63.1 Å². The van der Waals surface area contributed by atoms with Crippen LogP contribution in [0.1, 0.15) is 62.4 Å². The van der Waals surface area contributed by atoms with Crippen molar-refractivity contribution in [1.82, 2.24) is 5.32 Å². The summed E-state index contributed by atoms with van der Waals surface area (Å²) in [5.41, 5.74) is 2.75. The molecule has 1 fully saturated rings. The second-order valence-corrected chi connectivity index (χ2v) is 7.13. The fourth-order valence-corrected chi connectivity index (χ4v) is 2.93. The average molecular weight is 318 g/mol. The van der Waals surface area contributed by atoms with Gasteiger partial charge in [0.15, 0.2) is 0 Å². The number of carbonyl (C=O) groups is 1. The van der Waals surface area contributed by atoms with Crippen LogP contribution < -0.4 is 10.6 Å². The number of rotatable bonds is 5. The molecule has 1 unspecified atom stereocenters. The van der Waals surface area contributed by atoms with Gasteiger partial charge >= 0.3 is 0 Å². The summed E-state index contributed by atoms with van der Waals surface area (Å²) in [5.74, 6) is 0.519. The zero-order valence-electron chi connectivity index (χ0n) is 14.7. The van der Waals surface area contributed by atoms with E-state index in [0.717, 1.165) is 42.5 Å². The van der Waals surface area contributed by atoms with Crippen LogP contribution in [0.4, 0.5) is 5.69 Å². The van der Waals surface area contributed by atoms with E-state index in [0.29, 0.717) is 12.0 Å². The van der Waals surface area contributed by atoms with Gasteiger partial charge < -0.3 is 15.7 Å². The van der Waals surface area contributed by atoms with Crippen LogP contribution in [-0.4, -0.2) is 29.2 Å². The van der Waals surface area contributed by atoms with E-state index < -0.39 is 0 Å². The predicted molar refractivity (Wildman–Crippen MR) is 94.8 cm³/mol. The largest absolute Gasteiger partial charge is 0.393 e. The average Bonchev–Trinajstić information content (AvgIpc) is 2.51. The van der Waals surface area contributed by atoms with E-state index in [1.165, 1.54) is 0 Å². The number of carbonyl (C=O) groups excluding carboxylic acids is 1. The summed E-state index contributed by atoms with van der Waals surface area (Å²) in [6.07, 6.45) is 3.06. The fourth-order valence-electron chi connectivity index (χ4n) is 2.93. The Hall–Kier alpha value is -1.55. The van der Waals surface area contributed by atoms with E-state index in [4.69, 9.17) is 0 Å². The van der Waals surface area contributed by atoms with Gasteiger partial charge in [0.2, 0.25) is 0 Å². The molecule has 2 rings (SSSR count). The minimum absolute atomic E-state index is 0.00950. The molecule has 4 nitrogen and oxygen atoms in total. The molecule has 1 aromatic rings. The first kappa shape index (κ1) is 17.8. The fraction of sp³-hybridized carbons (Fsp3) is 0.632. The Labute approximate surface area is 139 Å². The summed E-state index contributed by atoms with van der Waals surface area (Å²) in [7, 11) is 0. The van der Waals surface area contributed by atoms with Gasteiger partial charge in [-0.1, -0.05) is 19.9 Å². The molecule has 0 saturated heterocycles. The van der Waals surface area contributed by atoms with Crippen molar-refractivity contribution in [3.05, 3.63) is 29.3 Å². The molecule has 1 aliphatic carbocycles. The van der Waals surface area contributed by atoms with Crippen molar-refractivity contribution >= 4 is 11.6 Å². The van der Waals surface area contributed by atoms with Crippen molar-refractivity contribution in [3.8, 4) is 0 Å². The summed E-state index contributed by atoms with van der Waals surface area (Å²) in [4.78, 5) is 12.6. The summed E-state index contributed by atoms with van der Waals surface area (Å²) in [5, 5.41) is 16.2. The van der Waals surface area contributed by atoms with Gasteiger partial charge in [0.05, 0.1) is 6.10 Å². The molecule has 4 heteroatoms. The van der Waals surface area contributed by atoms with E-state index in [9.17, 15) is 9.90 Å². The molecule has 128 valence electrons. The zero-order valence-corrected chi connectivity index (χ0v) is 14.7. The number of hydrogen-bond acceptors (Lipinski definition) is 3. The lowest BCUT2D eigenvalue weighted by Gasteiger charge is -2.27. The van der Waals surface area contributed by atoms with Crippen molar-refractivity contribution < 1.29 is 9.90 Å². The van der Waals surface area contributed by atoms with Crippen LogP contribution in [0.3, 0.4) is 0 Å². The van der Waals surface area contributed by atoms with Crippen LogP contribution >= 0.6 is 0 Å². The van der Waals surface area contributed by atoms with Gasteiger partial charge in [0, 0.05) is 23.3 Å². The van der Waals surface area contributed by atoms with Gasteiger partial charge in [-0.15, -0.1) is 0 Å². The molecular formula is C19H30N2O2. The number of benzene rings is 1. The second kappa shape index (κ2) is 7.82. The van der Waals surface area contributed by atoms with Crippen LogP contribution in [0.2, 0.25) is 0 Å². The Morgan fingerprint density at radius 1 is 1.17 bits per heavy atom. The quantitative estimate of drug-likeness (QED) is 0.779. The normalized spacial score (nSPS) is 22.7. The number of aliphatic hydroxyl groups is 1.